The summed E-state index contributed by atoms with van der Waals surface area (Å²) in [6.45, 7) is 0. The molecule has 11 heteroatoms. The molecule has 0 aliphatic heterocycles. The standard InChI is InChI=1S/C16H11BClF3N4O2/c17-16(26,27)25-8-12(15(19,20)21)24-13(25)10-3-1-9(2-4-10)7-11-5-6-22-14(18)23-11/h1-6,8,26-27H,7H2. The molecule has 0 spiro atoms. The quantitative estimate of drug-likeness (QED) is 0.403. The predicted octanol–water partition coefficient (Wildman–Crippen LogP) is 2.32. The zero-order valence-electron chi connectivity index (χ0n) is 13.5. The van der Waals surface area contributed by atoms with Gasteiger partial charge in [0.1, 0.15) is 5.82 Å². The van der Waals surface area contributed by atoms with E-state index in [9.17, 15) is 23.4 Å². The van der Waals surface area contributed by atoms with E-state index in [0.717, 1.165) is 5.56 Å². The highest BCUT2D eigenvalue weighted by Crippen LogP contribution is 2.32. The van der Waals surface area contributed by atoms with Crippen molar-refractivity contribution in [2.45, 2.75) is 18.4 Å². The Morgan fingerprint density at radius 1 is 1.07 bits per heavy atom. The molecule has 1 aromatic carbocycles. The van der Waals surface area contributed by atoms with Crippen molar-refractivity contribution in [3.63, 3.8) is 0 Å². The molecule has 3 rings (SSSR count). The van der Waals surface area contributed by atoms with E-state index in [4.69, 9.17) is 19.4 Å². The molecule has 0 saturated carbocycles. The summed E-state index contributed by atoms with van der Waals surface area (Å²) in [5.74, 6) is -3.38. The Morgan fingerprint density at radius 2 is 1.74 bits per heavy atom. The van der Waals surface area contributed by atoms with Crippen LogP contribution in [0.15, 0.2) is 42.7 Å². The van der Waals surface area contributed by atoms with Crippen molar-refractivity contribution >= 4 is 19.4 Å². The van der Waals surface area contributed by atoms with Gasteiger partial charge in [-0.1, -0.05) is 24.3 Å². The normalized spacial score (nSPS) is 12.4. The molecule has 2 aromatic heterocycles. The van der Waals surface area contributed by atoms with Gasteiger partial charge in [0, 0.05) is 30.1 Å². The Bertz CT molecular complexity index is 956. The Morgan fingerprint density at radius 3 is 2.30 bits per heavy atom. The summed E-state index contributed by atoms with van der Waals surface area (Å²) in [6.07, 6.45) is -2.40. The van der Waals surface area contributed by atoms with Crippen LogP contribution < -0.4 is 0 Å². The van der Waals surface area contributed by atoms with Crippen LogP contribution in [0.2, 0.25) is 5.28 Å². The summed E-state index contributed by atoms with van der Waals surface area (Å²) in [5, 5.41) is 19.2. The van der Waals surface area contributed by atoms with Crippen LogP contribution in [0, 0.1) is 0 Å². The number of halogens is 4. The second kappa shape index (κ2) is 6.95. The first-order valence-corrected chi connectivity index (χ1v) is 7.89. The van der Waals surface area contributed by atoms with Gasteiger partial charge in [0.15, 0.2) is 19.4 Å². The lowest BCUT2D eigenvalue weighted by molar-refractivity contribution is -0.153. The third kappa shape index (κ3) is 4.47. The number of aliphatic hydroxyl groups is 2. The van der Waals surface area contributed by atoms with E-state index in [-0.39, 0.29) is 16.7 Å². The van der Waals surface area contributed by atoms with Gasteiger partial charge in [-0.25, -0.2) is 15.0 Å². The van der Waals surface area contributed by atoms with Gasteiger partial charge in [-0.2, -0.15) is 13.2 Å². The number of aromatic nitrogens is 4. The van der Waals surface area contributed by atoms with Crippen molar-refractivity contribution in [2.24, 2.45) is 0 Å². The Hall–Kier alpha value is -2.43. The zero-order valence-corrected chi connectivity index (χ0v) is 14.3. The molecular formula is C16H11BClF3N4O2. The molecule has 2 radical (unpaired) electrons. The number of nitrogens with zero attached hydrogens (tertiary/aromatic N) is 4. The highest BCUT2D eigenvalue weighted by molar-refractivity contribution is 6.28. The molecule has 0 amide bonds. The summed E-state index contributed by atoms with van der Waals surface area (Å²) in [7, 11) is 5.14. The first-order chi connectivity index (χ1) is 12.5. The van der Waals surface area contributed by atoms with E-state index in [1.807, 2.05) is 0 Å². The molecule has 2 N–H and O–H groups in total. The molecule has 0 fully saturated rings. The van der Waals surface area contributed by atoms with E-state index < -0.39 is 17.7 Å². The van der Waals surface area contributed by atoms with Gasteiger partial charge in [-0.15, -0.1) is 0 Å². The lowest BCUT2D eigenvalue weighted by Crippen LogP contribution is -2.33. The van der Waals surface area contributed by atoms with Crippen LogP contribution in [-0.4, -0.2) is 37.6 Å². The third-order valence-corrected chi connectivity index (χ3v) is 3.81. The van der Waals surface area contributed by atoms with Gasteiger partial charge in [0.2, 0.25) is 5.28 Å². The maximum Gasteiger partial charge on any atom is 0.434 e. The average molecular weight is 395 g/mol. The molecule has 0 aliphatic rings. The largest absolute Gasteiger partial charge is 0.434 e. The maximum atomic E-state index is 12.9. The molecule has 0 bridgehead atoms. The van der Waals surface area contributed by atoms with Crippen molar-refractivity contribution in [2.75, 3.05) is 0 Å². The van der Waals surface area contributed by atoms with Crippen molar-refractivity contribution < 1.29 is 23.4 Å². The van der Waals surface area contributed by atoms with Crippen LogP contribution in [0.5, 0.6) is 0 Å². The summed E-state index contributed by atoms with van der Waals surface area (Å²) >= 11 is 5.73. The molecule has 3 aromatic rings. The smallest absolute Gasteiger partial charge is 0.357 e. The summed E-state index contributed by atoms with van der Waals surface area (Å²) in [4.78, 5) is 11.3. The highest BCUT2D eigenvalue weighted by atomic mass is 35.5. The Labute approximate surface area is 157 Å². The number of imidazole rings is 1. The number of rotatable bonds is 4. The van der Waals surface area contributed by atoms with Gasteiger partial charge in [0.05, 0.1) is 0 Å². The maximum absolute atomic E-state index is 12.9. The van der Waals surface area contributed by atoms with Crippen LogP contribution in [0.3, 0.4) is 0 Å². The van der Waals surface area contributed by atoms with Gasteiger partial charge < -0.3 is 10.2 Å². The Kier molecular flexibility index (Phi) is 4.98. The minimum absolute atomic E-state index is 0.107. The molecule has 27 heavy (non-hydrogen) atoms. The van der Waals surface area contributed by atoms with Crippen molar-refractivity contribution in [3.05, 3.63) is 65.0 Å². The highest BCUT2D eigenvalue weighted by Gasteiger charge is 2.37. The van der Waals surface area contributed by atoms with Gasteiger partial charge in [-0.3, -0.25) is 4.57 Å². The molecule has 6 nitrogen and oxygen atoms in total. The van der Waals surface area contributed by atoms with Gasteiger partial charge in [-0.05, 0) is 23.2 Å². The van der Waals surface area contributed by atoms with E-state index in [0.29, 0.717) is 22.9 Å². The molecule has 0 saturated heterocycles. The average Bonchev–Trinajstić information content (AvgIpc) is 3.01. The van der Waals surface area contributed by atoms with Crippen molar-refractivity contribution in [1.29, 1.82) is 0 Å². The van der Waals surface area contributed by atoms with Crippen molar-refractivity contribution in [1.82, 2.24) is 19.5 Å². The molecule has 2 heterocycles. The number of hydrogen-bond donors (Lipinski definition) is 2. The lowest BCUT2D eigenvalue weighted by Gasteiger charge is -2.21. The van der Waals surface area contributed by atoms with Crippen LogP contribution >= 0.6 is 11.6 Å². The minimum Gasteiger partial charge on any atom is -0.357 e. The lowest BCUT2D eigenvalue weighted by atomic mass is 10.0. The summed E-state index contributed by atoms with van der Waals surface area (Å²) in [5.41, 5.74) is 0.382. The second-order valence-corrected chi connectivity index (χ2v) is 6.03. The molecule has 138 valence electrons. The van der Waals surface area contributed by atoms with Gasteiger partial charge >= 0.3 is 6.18 Å². The fourth-order valence-corrected chi connectivity index (χ4v) is 2.58. The number of hydrogen-bond acceptors (Lipinski definition) is 5. The topological polar surface area (TPSA) is 84.1 Å². The number of alkyl halides is 3. The Balaban J connectivity index is 1.94. The first kappa shape index (κ1) is 19.3. The van der Waals surface area contributed by atoms with Crippen LogP contribution in [-0.2, 0) is 18.4 Å². The zero-order chi connectivity index (χ0) is 19.8. The minimum atomic E-state index is -4.77. The van der Waals surface area contributed by atoms with E-state index in [1.165, 1.54) is 18.3 Å². The van der Waals surface area contributed by atoms with Crippen molar-refractivity contribution in [3.8, 4) is 11.4 Å². The predicted molar refractivity (Wildman–Crippen MR) is 90.7 cm³/mol. The van der Waals surface area contributed by atoms with Crippen LogP contribution in [0.4, 0.5) is 13.2 Å². The molecule has 0 aliphatic carbocycles. The fourth-order valence-electron chi connectivity index (χ4n) is 2.42. The second-order valence-electron chi connectivity index (χ2n) is 5.70. The van der Waals surface area contributed by atoms with E-state index in [2.05, 4.69) is 15.0 Å². The van der Waals surface area contributed by atoms with E-state index >= 15 is 0 Å². The summed E-state index contributed by atoms with van der Waals surface area (Å²) in [6, 6.07) is 7.95. The molecule has 0 unspecified atom stereocenters. The van der Waals surface area contributed by atoms with E-state index in [1.54, 1.807) is 18.2 Å². The fraction of sp³-hybridized carbons (Fsp3) is 0.188. The number of benzene rings is 1. The van der Waals surface area contributed by atoms with Gasteiger partial charge in [0.25, 0.3) is 0 Å². The van der Waals surface area contributed by atoms with Crippen LogP contribution in [0.1, 0.15) is 17.0 Å². The molecule has 0 atom stereocenters. The summed E-state index contributed by atoms with van der Waals surface area (Å²) < 4.78 is 39.2. The SMILES string of the molecule is [B]C(O)(O)n1cc(C(F)(F)F)nc1-c1ccc(Cc2ccnc(Cl)n2)cc1. The third-order valence-electron chi connectivity index (χ3n) is 3.63. The van der Waals surface area contributed by atoms with Crippen LogP contribution in [0.25, 0.3) is 11.4 Å². The monoisotopic (exact) mass is 394 g/mol. The first-order valence-electron chi connectivity index (χ1n) is 7.51. The molecular weight excluding hydrogens is 383 g/mol.